The average molecular weight is 291 g/mol. The molecule has 0 saturated carbocycles. The molecule has 0 amide bonds. The first-order valence-corrected chi connectivity index (χ1v) is 7.19. The predicted octanol–water partition coefficient (Wildman–Crippen LogP) is 2.19. The Balaban J connectivity index is 2.47. The lowest BCUT2D eigenvalue weighted by atomic mass is 10.1. The van der Waals surface area contributed by atoms with Crippen LogP contribution in [0.1, 0.15) is 18.9 Å². The van der Waals surface area contributed by atoms with E-state index in [1.54, 1.807) is 11.8 Å². The molecule has 1 unspecified atom stereocenters. The summed E-state index contributed by atoms with van der Waals surface area (Å²) in [5, 5.41) is 22.8. The molecule has 0 saturated heterocycles. The second kappa shape index (κ2) is 6.58. The summed E-state index contributed by atoms with van der Waals surface area (Å²) in [5.41, 5.74) is 7.21. The van der Waals surface area contributed by atoms with Gasteiger partial charge in [0.2, 0.25) is 0 Å². The lowest BCUT2D eigenvalue weighted by Crippen LogP contribution is -2.14. The molecule has 1 atom stereocenters. The van der Waals surface area contributed by atoms with Crippen LogP contribution in [0.25, 0.3) is 10.9 Å². The van der Waals surface area contributed by atoms with E-state index in [0.717, 1.165) is 15.9 Å². The molecule has 106 valence electrons. The van der Waals surface area contributed by atoms with Crippen LogP contribution in [0.2, 0.25) is 0 Å². The van der Waals surface area contributed by atoms with Gasteiger partial charge in [0.05, 0.1) is 10.5 Å². The molecule has 20 heavy (non-hydrogen) atoms. The standard InChI is InChI=1S/C14H17N3O2S/c1-9(6-7-18)20-13-8-11(14(15)17-19)10-4-2-3-5-12(10)16-13/h2-5,8-9,18-19H,6-7H2,1H3,(H2,15,17). The van der Waals surface area contributed by atoms with E-state index in [2.05, 4.69) is 10.1 Å². The van der Waals surface area contributed by atoms with Crippen molar-refractivity contribution in [3.63, 3.8) is 0 Å². The van der Waals surface area contributed by atoms with E-state index in [9.17, 15) is 0 Å². The zero-order chi connectivity index (χ0) is 14.5. The summed E-state index contributed by atoms with van der Waals surface area (Å²) in [5.74, 6) is 0.0697. The second-order valence-corrected chi connectivity index (χ2v) is 5.91. The van der Waals surface area contributed by atoms with Crippen LogP contribution in [0.4, 0.5) is 0 Å². The monoisotopic (exact) mass is 291 g/mol. The molecule has 0 aliphatic rings. The molecule has 1 aromatic heterocycles. The minimum absolute atomic E-state index is 0.0697. The summed E-state index contributed by atoms with van der Waals surface area (Å²) in [7, 11) is 0. The normalized spacial score (nSPS) is 13.6. The smallest absolute Gasteiger partial charge is 0.170 e. The molecule has 0 aliphatic carbocycles. The maximum absolute atomic E-state index is 8.96. The van der Waals surface area contributed by atoms with Gasteiger partial charge in [0.25, 0.3) is 0 Å². The molecule has 4 N–H and O–H groups in total. The number of amidine groups is 1. The quantitative estimate of drug-likeness (QED) is 0.258. The van der Waals surface area contributed by atoms with Crippen molar-refractivity contribution in [2.24, 2.45) is 10.9 Å². The second-order valence-electron chi connectivity index (χ2n) is 4.45. The van der Waals surface area contributed by atoms with Crippen molar-refractivity contribution in [3.8, 4) is 0 Å². The highest BCUT2D eigenvalue weighted by molar-refractivity contribution is 7.99. The predicted molar refractivity (Wildman–Crippen MR) is 81.3 cm³/mol. The van der Waals surface area contributed by atoms with Crippen molar-refractivity contribution in [2.45, 2.75) is 23.6 Å². The Hall–Kier alpha value is -1.79. The number of rotatable bonds is 5. The Labute approximate surface area is 121 Å². The lowest BCUT2D eigenvalue weighted by molar-refractivity contribution is 0.289. The van der Waals surface area contributed by atoms with E-state index in [0.29, 0.717) is 12.0 Å². The van der Waals surface area contributed by atoms with Crippen molar-refractivity contribution in [1.29, 1.82) is 0 Å². The van der Waals surface area contributed by atoms with Crippen LogP contribution >= 0.6 is 11.8 Å². The molecule has 0 fully saturated rings. The number of hydrogen-bond acceptors (Lipinski definition) is 5. The van der Waals surface area contributed by atoms with Gasteiger partial charge in [-0.3, -0.25) is 0 Å². The van der Waals surface area contributed by atoms with Gasteiger partial charge >= 0.3 is 0 Å². The van der Waals surface area contributed by atoms with Gasteiger partial charge < -0.3 is 16.0 Å². The van der Waals surface area contributed by atoms with Crippen LogP contribution in [-0.2, 0) is 0 Å². The highest BCUT2D eigenvalue weighted by Crippen LogP contribution is 2.27. The van der Waals surface area contributed by atoms with E-state index < -0.39 is 0 Å². The third kappa shape index (κ3) is 3.20. The van der Waals surface area contributed by atoms with Crippen molar-refractivity contribution < 1.29 is 10.3 Å². The van der Waals surface area contributed by atoms with Crippen LogP contribution in [-0.4, -0.2) is 33.0 Å². The molecule has 0 bridgehead atoms. The number of nitrogens with zero attached hydrogens (tertiary/aromatic N) is 2. The van der Waals surface area contributed by atoms with E-state index in [1.807, 2.05) is 37.3 Å². The summed E-state index contributed by atoms with van der Waals surface area (Å²) in [6.45, 7) is 2.18. The van der Waals surface area contributed by atoms with E-state index >= 15 is 0 Å². The molecule has 2 rings (SSSR count). The summed E-state index contributed by atoms with van der Waals surface area (Å²) in [6.07, 6.45) is 0.693. The SMILES string of the molecule is CC(CCO)Sc1cc(C(N)=NO)c2ccccc2n1. The van der Waals surface area contributed by atoms with Crippen molar-refractivity contribution in [3.05, 3.63) is 35.9 Å². The summed E-state index contributed by atoms with van der Waals surface area (Å²) < 4.78 is 0. The average Bonchev–Trinajstić information content (AvgIpc) is 2.45. The highest BCUT2D eigenvalue weighted by atomic mass is 32.2. The first-order valence-electron chi connectivity index (χ1n) is 6.31. The first kappa shape index (κ1) is 14.6. The maximum Gasteiger partial charge on any atom is 0.170 e. The van der Waals surface area contributed by atoms with Gasteiger partial charge in [-0.05, 0) is 18.6 Å². The number of hydrogen-bond donors (Lipinski definition) is 3. The number of benzene rings is 1. The largest absolute Gasteiger partial charge is 0.409 e. The van der Waals surface area contributed by atoms with E-state index in [1.165, 1.54) is 0 Å². The van der Waals surface area contributed by atoms with Gasteiger partial charge in [-0.2, -0.15) is 0 Å². The Morgan fingerprint density at radius 3 is 2.90 bits per heavy atom. The molecule has 0 aliphatic heterocycles. The maximum atomic E-state index is 8.96. The third-order valence-electron chi connectivity index (χ3n) is 2.93. The number of aliphatic hydroxyl groups is 1. The van der Waals surface area contributed by atoms with Gasteiger partial charge in [-0.1, -0.05) is 30.3 Å². The minimum Gasteiger partial charge on any atom is -0.409 e. The number of aromatic nitrogens is 1. The lowest BCUT2D eigenvalue weighted by Gasteiger charge is -2.11. The molecular weight excluding hydrogens is 274 g/mol. The topological polar surface area (TPSA) is 91.7 Å². The van der Waals surface area contributed by atoms with E-state index in [-0.39, 0.29) is 17.7 Å². The number of thioether (sulfide) groups is 1. The van der Waals surface area contributed by atoms with Crippen LogP contribution in [0.3, 0.4) is 0 Å². The number of nitrogens with two attached hydrogens (primary N) is 1. The van der Waals surface area contributed by atoms with Gasteiger partial charge in [0, 0.05) is 22.8 Å². The number of para-hydroxylation sites is 1. The molecule has 0 spiro atoms. The van der Waals surface area contributed by atoms with Crippen molar-refractivity contribution in [2.75, 3.05) is 6.61 Å². The van der Waals surface area contributed by atoms with Gasteiger partial charge in [-0.25, -0.2) is 4.98 Å². The van der Waals surface area contributed by atoms with Crippen molar-refractivity contribution >= 4 is 28.5 Å². The molecule has 6 heteroatoms. The number of oxime groups is 1. The fraction of sp³-hybridized carbons (Fsp3) is 0.286. The fourth-order valence-corrected chi connectivity index (χ4v) is 2.90. The molecule has 1 heterocycles. The van der Waals surface area contributed by atoms with Crippen LogP contribution < -0.4 is 5.73 Å². The third-order valence-corrected chi connectivity index (χ3v) is 4.02. The highest BCUT2D eigenvalue weighted by Gasteiger charge is 2.12. The minimum atomic E-state index is 0.0697. The molecule has 5 nitrogen and oxygen atoms in total. The number of pyridine rings is 1. The van der Waals surface area contributed by atoms with Gasteiger partial charge in [0.1, 0.15) is 0 Å². The molecule has 0 radical (unpaired) electrons. The summed E-state index contributed by atoms with van der Waals surface area (Å²) in [4.78, 5) is 4.56. The summed E-state index contributed by atoms with van der Waals surface area (Å²) >= 11 is 1.56. The zero-order valence-corrected chi connectivity index (χ0v) is 12.0. The van der Waals surface area contributed by atoms with Crippen LogP contribution in [0.15, 0.2) is 40.5 Å². The van der Waals surface area contributed by atoms with Crippen LogP contribution in [0, 0.1) is 0 Å². The van der Waals surface area contributed by atoms with Gasteiger partial charge in [-0.15, -0.1) is 11.8 Å². The molecule has 1 aromatic carbocycles. The Bertz CT molecular complexity index is 631. The summed E-state index contributed by atoms with van der Waals surface area (Å²) in [6, 6.07) is 9.39. The Morgan fingerprint density at radius 1 is 1.45 bits per heavy atom. The first-order chi connectivity index (χ1) is 9.65. The van der Waals surface area contributed by atoms with E-state index in [4.69, 9.17) is 16.0 Å². The Kier molecular flexibility index (Phi) is 4.81. The number of fused-ring (bicyclic) bond motifs is 1. The van der Waals surface area contributed by atoms with Crippen molar-refractivity contribution in [1.82, 2.24) is 4.98 Å². The van der Waals surface area contributed by atoms with Gasteiger partial charge in [0.15, 0.2) is 5.84 Å². The molecular formula is C14H17N3O2S. The number of aliphatic hydroxyl groups excluding tert-OH is 1. The molecule has 2 aromatic rings. The zero-order valence-electron chi connectivity index (χ0n) is 11.2. The van der Waals surface area contributed by atoms with Crippen LogP contribution in [0.5, 0.6) is 0 Å². The Morgan fingerprint density at radius 2 is 2.20 bits per heavy atom. The fourth-order valence-electron chi connectivity index (χ4n) is 1.92.